The van der Waals surface area contributed by atoms with Crippen molar-refractivity contribution in [2.45, 2.75) is 6.10 Å². The van der Waals surface area contributed by atoms with Gasteiger partial charge in [-0.15, -0.1) is 4.91 Å². The third kappa shape index (κ3) is 2.79. The fourth-order valence-corrected chi connectivity index (χ4v) is 1.04. The van der Waals surface area contributed by atoms with Crippen LogP contribution in [0.4, 0.5) is 5.69 Å². The molecule has 0 bridgehead atoms. The summed E-state index contributed by atoms with van der Waals surface area (Å²) in [6.07, 6.45) is -0.965. The Morgan fingerprint density at radius 1 is 1.36 bits per heavy atom. The van der Waals surface area contributed by atoms with Crippen molar-refractivity contribution >= 4 is 5.69 Å². The summed E-state index contributed by atoms with van der Waals surface area (Å²) in [5.41, 5.74) is 0.593. The largest absolute Gasteiger partial charge is 0.394 e. The molecule has 0 spiro atoms. The minimum Gasteiger partial charge on any atom is -0.394 e. The van der Waals surface area contributed by atoms with Crippen molar-refractivity contribution in [3.05, 3.63) is 35.2 Å². The fourth-order valence-electron chi connectivity index (χ4n) is 1.04. The van der Waals surface area contributed by atoms with E-state index in [2.05, 4.69) is 5.29 Å². The Morgan fingerprint density at radius 3 is 2.50 bits per heavy atom. The molecular formula is C9H12N2O3. The number of anilines is 1. The topological polar surface area (TPSA) is 73.1 Å². The van der Waals surface area contributed by atoms with Gasteiger partial charge in [0, 0.05) is 0 Å². The van der Waals surface area contributed by atoms with E-state index in [0.29, 0.717) is 5.69 Å². The zero-order valence-electron chi connectivity index (χ0n) is 7.58. The summed E-state index contributed by atoms with van der Waals surface area (Å²) in [5, 5.41) is 21.6. The number of benzene rings is 1. The van der Waals surface area contributed by atoms with Gasteiger partial charge in [0.1, 0.15) is 0 Å². The minimum absolute atomic E-state index is 0.00991. The van der Waals surface area contributed by atoms with Crippen LogP contribution in [0.25, 0.3) is 0 Å². The van der Waals surface area contributed by atoms with Crippen LogP contribution >= 0.6 is 0 Å². The van der Waals surface area contributed by atoms with Crippen LogP contribution in [0.3, 0.4) is 0 Å². The molecule has 0 aliphatic rings. The SMILES string of the molecule is O=NN(CC(O)CO)c1ccccc1. The minimum atomic E-state index is -0.965. The molecule has 0 heterocycles. The Kier molecular flexibility index (Phi) is 4.03. The molecular weight excluding hydrogens is 184 g/mol. The van der Waals surface area contributed by atoms with E-state index < -0.39 is 12.7 Å². The summed E-state index contributed by atoms with van der Waals surface area (Å²) in [4.78, 5) is 10.4. The normalized spacial score (nSPS) is 12.1. The van der Waals surface area contributed by atoms with E-state index >= 15 is 0 Å². The van der Waals surface area contributed by atoms with Gasteiger partial charge in [0.15, 0.2) is 0 Å². The van der Waals surface area contributed by atoms with Crippen molar-refractivity contribution in [2.75, 3.05) is 18.2 Å². The second kappa shape index (κ2) is 5.31. The lowest BCUT2D eigenvalue weighted by Crippen LogP contribution is -2.30. The average Bonchev–Trinajstić information content (AvgIpc) is 2.26. The third-order valence-electron chi connectivity index (χ3n) is 1.75. The number of nitroso groups, excluding NO2 is 1. The zero-order valence-corrected chi connectivity index (χ0v) is 7.58. The van der Waals surface area contributed by atoms with Crippen molar-refractivity contribution in [2.24, 2.45) is 5.29 Å². The number of hydrogen-bond donors (Lipinski definition) is 2. The first-order chi connectivity index (χ1) is 6.77. The summed E-state index contributed by atoms with van der Waals surface area (Å²) in [7, 11) is 0. The molecule has 0 saturated carbocycles. The van der Waals surface area contributed by atoms with Crippen LogP contribution in [0, 0.1) is 4.91 Å². The monoisotopic (exact) mass is 196 g/mol. The molecule has 5 nitrogen and oxygen atoms in total. The van der Waals surface area contributed by atoms with Gasteiger partial charge in [-0.1, -0.05) is 18.2 Å². The van der Waals surface area contributed by atoms with Crippen molar-refractivity contribution < 1.29 is 10.2 Å². The Hall–Kier alpha value is -1.46. The number of nitrogens with zero attached hydrogens (tertiary/aromatic N) is 2. The van der Waals surface area contributed by atoms with Gasteiger partial charge in [-0.3, -0.25) is 0 Å². The first-order valence-electron chi connectivity index (χ1n) is 4.22. The summed E-state index contributed by atoms with van der Waals surface area (Å²) < 4.78 is 0. The maximum Gasteiger partial charge on any atom is 0.0967 e. The van der Waals surface area contributed by atoms with Gasteiger partial charge in [-0.25, -0.2) is 5.01 Å². The average molecular weight is 196 g/mol. The predicted molar refractivity (Wildman–Crippen MR) is 52.7 cm³/mol. The van der Waals surface area contributed by atoms with Gasteiger partial charge in [0.2, 0.25) is 0 Å². The molecule has 5 heteroatoms. The molecule has 1 unspecified atom stereocenters. The van der Waals surface area contributed by atoms with E-state index in [9.17, 15) is 4.91 Å². The van der Waals surface area contributed by atoms with Crippen LogP contribution in [-0.4, -0.2) is 29.5 Å². The highest BCUT2D eigenvalue weighted by atomic mass is 16.3. The lowest BCUT2D eigenvalue weighted by molar-refractivity contribution is 0.0999. The molecule has 0 aliphatic carbocycles. The molecule has 1 rings (SSSR count). The molecule has 2 N–H and O–H groups in total. The van der Waals surface area contributed by atoms with Crippen molar-refractivity contribution in [1.29, 1.82) is 0 Å². The lowest BCUT2D eigenvalue weighted by atomic mass is 10.3. The number of hydrogen-bond acceptors (Lipinski definition) is 4. The van der Waals surface area contributed by atoms with Crippen LogP contribution in [0.2, 0.25) is 0 Å². The lowest BCUT2D eigenvalue weighted by Gasteiger charge is -2.17. The summed E-state index contributed by atoms with van der Waals surface area (Å²) in [6, 6.07) is 8.74. The molecule has 1 aromatic carbocycles. The van der Waals surface area contributed by atoms with Crippen LogP contribution in [0.15, 0.2) is 35.6 Å². The molecule has 1 aromatic rings. The Labute approximate surface area is 81.5 Å². The number of para-hydroxylation sites is 1. The molecule has 76 valence electrons. The second-order valence-corrected chi connectivity index (χ2v) is 2.84. The smallest absolute Gasteiger partial charge is 0.0967 e. The quantitative estimate of drug-likeness (QED) is 0.532. The molecule has 0 aliphatic heterocycles. The summed E-state index contributed by atoms with van der Waals surface area (Å²) in [5.74, 6) is 0. The van der Waals surface area contributed by atoms with Crippen molar-refractivity contribution in [3.63, 3.8) is 0 Å². The van der Waals surface area contributed by atoms with Gasteiger partial charge in [-0.2, -0.15) is 0 Å². The first kappa shape index (κ1) is 10.6. The van der Waals surface area contributed by atoms with E-state index in [4.69, 9.17) is 10.2 Å². The Morgan fingerprint density at radius 2 is 2.00 bits per heavy atom. The van der Waals surface area contributed by atoms with Crippen LogP contribution < -0.4 is 5.01 Å². The maximum absolute atomic E-state index is 10.4. The predicted octanol–water partition coefficient (Wildman–Crippen LogP) is 0.528. The molecule has 0 saturated heterocycles. The van der Waals surface area contributed by atoms with E-state index in [1.165, 1.54) is 0 Å². The standard InChI is InChI=1S/C9H12N2O3/c12-7-9(13)6-11(10-14)8-4-2-1-3-5-8/h1-5,9,12-13H,6-7H2. The summed E-state index contributed by atoms with van der Waals surface area (Å²) >= 11 is 0. The number of aliphatic hydroxyl groups excluding tert-OH is 2. The number of rotatable bonds is 5. The molecule has 0 amide bonds. The zero-order chi connectivity index (χ0) is 10.4. The second-order valence-electron chi connectivity index (χ2n) is 2.84. The van der Waals surface area contributed by atoms with Gasteiger partial charge < -0.3 is 10.2 Å². The Bertz CT molecular complexity index is 279. The van der Waals surface area contributed by atoms with Gasteiger partial charge in [-0.05, 0) is 12.1 Å². The van der Waals surface area contributed by atoms with Crippen LogP contribution in [-0.2, 0) is 0 Å². The van der Waals surface area contributed by atoms with Crippen LogP contribution in [0.5, 0.6) is 0 Å². The number of aliphatic hydroxyl groups is 2. The highest BCUT2D eigenvalue weighted by Gasteiger charge is 2.11. The maximum atomic E-state index is 10.4. The van der Waals surface area contributed by atoms with Crippen molar-refractivity contribution in [1.82, 2.24) is 0 Å². The summed E-state index contributed by atoms with van der Waals surface area (Å²) in [6.45, 7) is -0.400. The van der Waals surface area contributed by atoms with E-state index in [1.54, 1.807) is 24.3 Å². The van der Waals surface area contributed by atoms with Gasteiger partial charge >= 0.3 is 0 Å². The third-order valence-corrected chi connectivity index (χ3v) is 1.75. The van der Waals surface area contributed by atoms with Crippen molar-refractivity contribution in [3.8, 4) is 0 Å². The van der Waals surface area contributed by atoms with E-state index in [-0.39, 0.29) is 6.54 Å². The van der Waals surface area contributed by atoms with Gasteiger partial charge in [0.05, 0.1) is 30.2 Å². The van der Waals surface area contributed by atoms with Gasteiger partial charge in [0.25, 0.3) is 0 Å². The molecule has 0 radical (unpaired) electrons. The first-order valence-corrected chi connectivity index (χ1v) is 4.22. The molecule has 1 atom stereocenters. The molecule has 0 aromatic heterocycles. The molecule has 14 heavy (non-hydrogen) atoms. The van der Waals surface area contributed by atoms with E-state index in [1.807, 2.05) is 6.07 Å². The fraction of sp³-hybridized carbons (Fsp3) is 0.333. The molecule has 0 fully saturated rings. The highest BCUT2D eigenvalue weighted by molar-refractivity contribution is 5.44. The Balaban J connectivity index is 2.68. The van der Waals surface area contributed by atoms with E-state index in [0.717, 1.165) is 5.01 Å². The highest BCUT2D eigenvalue weighted by Crippen LogP contribution is 2.13. The van der Waals surface area contributed by atoms with Crippen LogP contribution in [0.1, 0.15) is 0 Å².